The van der Waals surface area contributed by atoms with Crippen LogP contribution in [0.5, 0.6) is 0 Å². The molecule has 3 rings (SSSR count). The van der Waals surface area contributed by atoms with E-state index in [2.05, 4.69) is 45.0 Å². The summed E-state index contributed by atoms with van der Waals surface area (Å²) in [5.74, 6) is 6.78. The van der Waals surface area contributed by atoms with Gasteiger partial charge in [-0.2, -0.15) is 9.97 Å². The summed E-state index contributed by atoms with van der Waals surface area (Å²) >= 11 is 0. The van der Waals surface area contributed by atoms with Crippen molar-refractivity contribution in [2.45, 2.75) is 25.3 Å². The molecular weight excluding hydrogens is 252 g/mol. The Labute approximate surface area is 117 Å². The van der Waals surface area contributed by atoms with Crippen molar-refractivity contribution in [2.75, 3.05) is 16.5 Å². The van der Waals surface area contributed by atoms with Gasteiger partial charge in [-0.1, -0.05) is 24.3 Å². The number of aromatic nitrogens is 2. The normalized spacial score (nSPS) is 17.4. The van der Waals surface area contributed by atoms with Crippen molar-refractivity contribution in [1.29, 1.82) is 0 Å². The van der Waals surface area contributed by atoms with E-state index >= 15 is 0 Å². The van der Waals surface area contributed by atoms with Crippen LogP contribution in [0, 0.1) is 0 Å². The molecule has 0 bridgehead atoms. The first-order valence-electron chi connectivity index (χ1n) is 6.69. The second kappa shape index (κ2) is 5.34. The molecule has 1 aromatic heterocycles. The number of hydrogen-bond donors (Lipinski definition) is 4. The predicted molar refractivity (Wildman–Crippen MR) is 80.1 cm³/mol. The number of nitrogens with zero attached hydrogens (tertiary/aromatic N) is 2. The fourth-order valence-corrected chi connectivity index (χ4v) is 2.64. The summed E-state index contributed by atoms with van der Waals surface area (Å²) in [6, 6.07) is 10.7. The lowest BCUT2D eigenvalue weighted by Gasteiger charge is -2.26. The van der Waals surface area contributed by atoms with Gasteiger partial charge in [-0.15, -0.1) is 0 Å². The van der Waals surface area contributed by atoms with Gasteiger partial charge in [0.25, 0.3) is 0 Å². The maximum absolute atomic E-state index is 5.66. The molecule has 20 heavy (non-hydrogen) atoms. The second-order valence-corrected chi connectivity index (χ2v) is 4.99. The molecule has 0 aliphatic heterocycles. The highest BCUT2D eigenvalue weighted by molar-refractivity contribution is 5.51. The van der Waals surface area contributed by atoms with Gasteiger partial charge >= 0.3 is 0 Å². The van der Waals surface area contributed by atoms with Gasteiger partial charge in [0.2, 0.25) is 5.95 Å². The van der Waals surface area contributed by atoms with Crippen molar-refractivity contribution in [3.8, 4) is 0 Å². The number of nitrogens with one attached hydrogen (secondary N) is 2. The molecule has 0 saturated carbocycles. The van der Waals surface area contributed by atoms with Gasteiger partial charge in [0.05, 0.1) is 0 Å². The highest BCUT2D eigenvalue weighted by Crippen LogP contribution is 2.23. The quantitative estimate of drug-likeness (QED) is 0.495. The van der Waals surface area contributed by atoms with E-state index in [1.165, 1.54) is 11.1 Å². The standard InChI is InChI=1S/C14H18N6/c15-14-18-12(8-13(19-14)20-16)17-11-6-5-9-3-1-2-4-10(9)7-11/h1-4,8,11H,5-7,16H2,(H4,15,17,18,19,20). The van der Waals surface area contributed by atoms with Gasteiger partial charge < -0.3 is 16.5 Å². The van der Waals surface area contributed by atoms with Crippen LogP contribution in [-0.2, 0) is 12.8 Å². The number of nitrogens with two attached hydrogens (primary N) is 2. The number of hydrogen-bond acceptors (Lipinski definition) is 6. The molecule has 1 aliphatic rings. The van der Waals surface area contributed by atoms with Crippen LogP contribution < -0.4 is 22.3 Å². The summed E-state index contributed by atoms with van der Waals surface area (Å²) in [5.41, 5.74) is 11.0. The van der Waals surface area contributed by atoms with Crippen LogP contribution in [0.15, 0.2) is 30.3 Å². The van der Waals surface area contributed by atoms with E-state index < -0.39 is 0 Å². The summed E-state index contributed by atoms with van der Waals surface area (Å²) in [5, 5.41) is 3.41. The minimum atomic E-state index is 0.208. The molecule has 1 atom stereocenters. The Morgan fingerprint density at radius 1 is 1.10 bits per heavy atom. The smallest absolute Gasteiger partial charge is 0.223 e. The predicted octanol–water partition coefficient (Wildman–Crippen LogP) is 1.31. The van der Waals surface area contributed by atoms with Crippen LogP contribution >= 0.6 is 0 Å². The third kappa shape index (κ3) is 2.65. The summed E-state index contributed by atoms with van der Waals surface area (Å²) in [7, 11) is 0. The number of rotatable bonds is 3. The monoisotopic (exact) mass is 270 g/mol. The lowest BCUT2D eigenvalue weighted by molar-refractivity contribution is 0.609. The Kier molecular flexibility index (Phi) is 3.39. The Morgan fingerprint density at radius 2 is 1.85 bits per heavy atom. The minimum Gasteiger partial charge on any atom is -0.368 e. The molecule has 0 saturated heterocycles. The van der Waals surface area contributed by atoms with E-state index in [0.717, 1.165) is 19.3 Å². The molecular formula is C14H18N6. The van der Waals surface area contributed by atoms with E-state index in [4.69, 9.17) is 11.6 Å². The van der Waals surface area contributed by atoms with E-state index in [9.17, 15) is 0 Å². The van der Waals surface area contributed by atoms with Gasteiger partial charge in [0.15, 0.2) is 0 Å². The zero-order valence-corrected chi connectivity index (χ0v) is 11.1. The molecule has 0 spiro atoms. The van der Waals surface area contributed by atoms with Gasteiger partial charge in [0.1, 0.15) is 11.6 Å². The molecule has 1 aliphatic carbocycles. The van der Waals surface area contributed by atoms with Crippen molar-refractivity contribution in [3.05, 3.63) is 41.5 Å². The van der Waals surface area contributed by atoms with Crippen molar-refractivity contribution >= 4 is 17.6 Å². The van der Waals surface area contributed by atoms with E-state index in [-0.39, 0.29) is 5.95 Å². The minimum absolute atomic E-state index is 0.208. The van der Waals surface area contributed by atoms with Crippen LogP contribution in [0.4, 0.5) is 17.6 Å². The van der Waals surface area contributed by atoms with Crippen molar-refractivity contribution < 1.29 is 0 Å². The van der Waals surface area contributed by atoms with Gasteiger partial charge in [-0.3, -0.25) is 0 Å². The first-order valence-corrected chi connectivity index (χ1v) is 6.69. The zero-order valence-electron chi connectivity index (χ0n) is 11.1. The van der Waals surface area contributed by atoms with Crippen LogP contribution in [-0.4, -0.2) is 16.0 Å². The lowest BCUT2D eigenvalue weighted by atomic mass is 9.88. The molecule has 1 heterocycles. The first-order chi connectivity index (χ1) is 9.74. The topological polar surface area (TPSA) is 102 Å². The van der Waals surface area contributed by atoms with Crippen LogP contribution in [0.1, 0.15) is 17.5 Å². The molecule has 1 unspecified atom stereocenters. The zero-order chi connectivity index (χ0) is 13.9. The summed E-state index contributed by atoms with van der Waals surface area (Å²) in [6.07, 6.45) is 3.15. The fourth-order valence-electron chi connectivity index (χ4n) is 2.64. The second-order valence-electron chi connectivity index (χ2n) is 4.99. The molecule has 0 fully saturated rings. The van der Waals surface area contributed by atoms with Crippen LogP contribution in [0.3, 0.4) is 0 Å². The highest BCUT2D eigenvalue weighted by Gasteiger charge is 2.18. The maximum atomic E-state index is 5.66. The summed E-state index contributed by atoms with van der Waals surface area (Å²) < 4.78 is 0. The molecule has 0 radical (unpaired) electrons. The largest absolute Gasteiger partial charge is 0.368 e. The number of fused-ring (bicyclic) bond motifs is 1. The summed E-state index contributed by atoms with van der Waals surface area (Å²) in [4.78, 5) is 8.16. The van der Waals surface area contributed by atoms with Gasteiger partial charge in [-0.05, 0) is 30.4 Å². The lowest BCUT2D eigenvalue weighted by Crippen LogP contribution is -2.28. The van der Waals surface area contributed by atoms with Crippen molar-refractivity contribution in [3.63, 3.8) is 0 Å². The Morgan fingerprint density at radius 3 is 2.65 bits per heavy atom. The average Bonchev–Trinajstić information content (AvgIpc) is 2.46. The number of aryl methyl sites for hydroxylation is 1. The van der Waals surface area contributed by atoms with Crippen LogP contribution in [0.2, 0.25) is 0 Å². The first kappa shape index (κ1) is 12.7. The number of benzene rings is 1. The molecule has 104 valence electrons. The molecule has 6 N–H and O–H groups in total. The van der Waals surface area contributed by atoms with E-state index in [1.807, 2.05) is 0 Å². The molecule has 2 aromatic rings. The van der Waals surface area contributed by atoms with Crippen molar-refractivity contribution in [2.24, 2.45) is 5.84 Å². The Balaban J connectivity index is 1.75. The van der Waals surface area contributed by atoms with Gasteiger partial charge in [-0.25, -0.2) is 5.84 Å². The Bertz CT molecular complexity index is 612. The van der Waals surface area contributed by atoms with E-state index in [0.29, 0.717) is 17.7 Å². The average molecular weight is 270 g/mol. The maximum Gasteiger partial charge on any atom is 0.223 e. The summed E-state index contributed by atoms with van der Waals surface area (Å²) in [6.45, 7) is 0. The number of anilines is 3. The number of hydrazine groups is 1. The van der Waals surface area contributed by atoms with Gasteiger partial charge in [0, 0.05) is 12.1 Å². The SMILES string of the molecule is NNc1cc(NC2CCc3ccccc3C2)nc(N)n1. The molecule has 6 heteroatoms. The van der Waals surface area contributed by atoms with Crippen LogP contribution in [0.25, 0.3) is 0 Å². The van der Waals surface area contributed by atoms with Crippen molar-refractivity contribution in [1.82, 2.24) is 9.97 Å². The third-order valence-corrected chi connectivity index (χ3v) is 3.59. The third-order valence-electron chi connectivity index (χ3n) is 3.59. The molecule has 1 aromatic carbocycles. The molecule has 6 nitrogen and oxygen atoms in total. The fraction of sp³-hybridized carbons (Fsp3) is 0.286. The number of nitrogen functional groups attached to an aromatic ring is 2. The molecule has 0 amide bonds. The van der Waals surface area contributed by atoms with E-state index in [1.54, 1.807) is 6.07 Å². The Hall–Kier alpha value is -2.34. The highest BCUT2D eigenvalue weighted by atomic mass is 15.3.